The number of allylic oxidation sites excluding steroid dienone is 1. The van der Waals surface area contributed by atoms with Crippen molar-refractivity contribution in [3.63, 3.8) is 0 Å². The molecule has 2 saturated carbocycles. The van der Waals surface area contributed by atoms with Crippen LogP contribution in [-0.4, -0.2) is 69.8 Å². The standard InChI is InChI=1S/C33H43FN4O6/c34-24-17-15-22(16-18-24)28(39)27(21-10-5-4-6-11-21)36-32(44)35-25-13-8-3-1-2-7-12-23-20-33(23,31(42)43)37-29(40)26-14-9-19-38(26)30(25)41/h7,12,15-18,21,23,25-27H,1-6,8-11,13-14,19-20H2,(H,37,40)(H,42,43)(H2,35,36,44)/b12-7-/t23?,25-,26-,27-,33+/m0/s1. The van der Waals surface area contributed by atoms with Gasteiger partial charge in [0.05, 0.1) is 6.04 Å². The zero-order valence-corrected chi connectivity index (χ0v) is 25.1. The van der Waals surface area contributed by atoms with E-state index in [9.17, 15) is 33.5 Å². The van der Waals surface area contributed by atoms with Crippen LogP contribution in [0.2, 0.25) is 0 Å². The molecule has 1 unspecified atom stereocenters. The number of halogens is 1. The molecule has 0 radical (unpaired) electrons. The minimum Gasteiger partial charge on any atom is -0.479 e. The smallest absolute Gasteiger partial charge is 0.330 e. The van der Waals surface area contributed by atoms with E-state index < -0.39 is 47.4 Å². The van der Waals surface area contributed by atoms with Crippen molar-refractivity contribution in [1.29, 1.82) is 0 Å². The van der Waals surface area contributed by atoms with Gasteiger partial charge in [-0.2, -0.15) is 0 Å². The van der Waals surface area contributed by atoms with Crippen LogP contribution in [0.15, 0.2) is 36.4 Å². The number of hydrogen-bond donors (Lipinski definition) is 4. The predicted octanol–water partition coefficient (Wildman–Crippen LogP) is 4.10. The number of nitrogens with one attached hydrogen (secondary N) is 3. The highest BCUT2D eigenvalue weighted by Gasteiger charge is 2.61. The minimum atomic E-state index is -1.35. The quantitative estimate of drug-likeness (QED) is 0.282. The molecule has 4 aliphatic rings. The van der Waals surface area contributed by atoms with Crippen LogP contribution in [-0.2, 0) is 14.4 Å². The summed E-state index contributed by atoms with van der Waals surface area (Å²) in [6.07, 6.45) is 13.1. The van der Waals surface area contributed by atoms with Crippen LogP contribution in [0.4, 0.5) is 9.18 Å². The number of benzene rings is 1. The zero-order chi connectivity index (χ0) is 31.3. The number of amides is 4. The SMILES string of the molecule is O=C(N[C@H]1CCCCC/C=C\C2C[C@@]2(C(=O)O)NC(=O)[C@@H]2CCCN2C1=O)N[C@H](C(=O)c1ccc(F)cc1)C1CCCCC1. The summed E-state index contributed by atoms with van der Waals surface area (Å²) in [6, 6.07) is 2.08. The number of carboxylic acid groups (broad SMARTS) is 1. The lowest BCUT2D eigenvalue weighted by Gasteiger charge is -2.32. The summed E-state index contributed by atoms with van der Waals surface area (Å²) in [4.78, 5) is 67.9. The Bertz CT molecular complexity index is 1280. The second-order valence-electron chi connectivity index (χ2n) is 12.7. The lowest BCUT2D eigenvalue weighted by molar-refractivity contribution is -0.145. The van der Waals surface area contributed by atoms with E-state index in [-0.39, 0.29) is 23.5 Å². The van der Waals surface area contributed by atoms with Crippen LogP contribution < -0.4 is 16.0 Å². The first kappa shape index (κ1) is 31.7. The summed E-state index contributed by atoms with van der Waals surface area (Å²) in [6.45, 7) is 0.327. The molecule has 5 rings (SSSR count). The molecule has 2 aliphatic heterocycles. The maximum atomic E-state index is 13.9. The zero-order valence-electron chi connectivity index (χ0n) is 25.1. The van der Waals surface area contributed by atoms with Crippen molar-refractivity contribution in [3.05, 3.63) is 47.8 Å². The average Bonchev–Trinajstić information content (AvgIpc) is 3.48. The Labute approximate surface area is 257 Å². The molecule has 1 aromatic carbocycles. The van der Waals surface area contributed by atoms with Gasteiger partial charge in [0.25, 0.3) is 0 Å². The van der Waals surface area contributed by atoms with E-state index in [0.29, 0.717) is 44.2 Å². The molecular formula is C33H43FN4O6. The Morgan fingerprint density at radius 2 is 1.66 bits per heavy atom. The molecular weight excluding hydrogens is 567 g/mol. The Morgan fingerprint density at radius 1 is 0.955 bits per heavy atom. The number of carboxylic acids is 1. The molecule has 2 aliphatic carbocycles. The van der Waals surface area contributed by atoms with Gasteiger partial charge in [-0.25, -0.2) is 14.0 Å². The highest BCUT2D eigenvalue weighted by molar-refractivity contribution is 6.02. The summed E-state index contributed by atoms with van der Waals surface area (Å²) >= 11 is 0. The molecule has 1 saturated heterocycles. The number of nitrogens with zero attached hydrogens (tertiary/aromatic N) is 1. The van der Waals surface area contributed by atoms with Gasteiger partial charge in [0.1, 0.15) is 23.4 Å². The van der Waals surface area contributed by atoms with E-state index in [1.807, 2.05) is 12.2 Å². The third-order valence-corrected chi connectivity index (χ3v) is 9.74. The van der Waals surface area contributed by atoms with E-state index >= 15 is 0 Å². The van der Waals surface area contributed by atoms with Crippen molar-refractivity contribution in [2.24, 2.45) is 11.8 Å². The molecule has 5 atom stereocenters. The topological polar surface area (TPSA) is 145 Å². The van der Waals surface area contributed by atoms with Crippen molar-refractivity contribution in [1.82, 2.24) is 20.9 Å². The highest BCUT2D eigenvalue weighted by Crippen LogP contribution is 2.45. The fourth-order valence-corrected chi connectivity index (χ4v) is 7.07. The molecule has 4 amide bonds. The molecule has 44 heavy (non-hydrogen) atoms. The van der Waals surface area contributed by atoms with Gasteiger partial charge in [-0.05, 0) is 81.5 Å². The van der Waals surface area contributed by atoms with Crippen LogP contribution >= 0.6 is 0 Å². The third kappa shape index (κ3) is 7.13. The third-order valence-electron chi connectivity index (χ3n) is 9.74. The summed E-state index contributed by atoms with van der Waals surface area (Å²) in [5.41, 5.74) is -1.04. The van der Waals surface area contributed by atoms with E-state index in [1.165, 1.54) is 29.2 Å². The van der Waals surface area contributed by atoms with Crippen molar-refractivity contribution in [2.75, 3.05) is 6.54 Å². The molecule has 3 fully saturated rings. The van der Waals surface area contributed by atoms with Crippen molar-refractivity contribution < 1.29 is 33.5 Å². The molecule has 2 heterocycles. The monoisotopic (exact) mass is 610 g/mol. The lowest BCUT2D eigenvalue weighted by atomic mass is 9.81. The number of urea groups is 1. The summed E-state index contributed by atoms with van der Waals surface area (Å²) in [5, 5.41) is 18.3. The number of carbonyl (C=O) groups excluding carboxylic acids is 4. The van der Waals surface area contributed by atoms with Gasteiger partial charge in [0.2, 0.25) is 11.8 Å². The molecule has 10 nitrogen and oxygen atoms in total. The fourth-order valence-electron chi connectivity index (χ4n) is 7.07. The Kier molecular flexibility index (Phi) is 10.0. The molecule has 1 aromatic rings. The van der Waals surface area contributed by atoms with Gasteiger partial charge < -0.3 is 26.0 Å². The summed E-state index contributed by atoms with van der Waals surface area (Å²) < 4.78 is 13.6. The minimum absolute atomic E-state index is 0.0804. The second kappa shape index (κ2) is 13.9. The molecule has 238 valence electrons. The number of rotatable bonds is 6. The van der Waals surface area contributed by atoms with Crippen LogP contribution in [0, 0.1) is 17.7 Å². The maximum absolute atomic E-state index is 13.9. The highest BCUT2D eigenvalue weighted by atomic mass is 19.1. The number of aliphatic carboxylic acids is 1. The van der Waals surface area contributed by atoms with E-state index in [4.69, 9.17) is 0 Å². The predicted molar refractivity (Wildman–Crippen MR) is 160 cm³/mol. The number of carbonyl (C=O) groups is 5. The molecule has 4 N–H and O–H groups in total. The first-order valence-electron chi connectivity index (χ1n) is 16.1. The Balaban J connectivity index is 1.32. The molecule has 0 bridgehead atoms. The van der Waals surface area contributed by atoms with E-state index in [1.54, 1.807) is 0 Å². The van der Waals surface area contributed by atoms with Gasteiger partial charge in [0, 0.05) is 18.0 Å². The number of hydrogen-bond acceptors (Lipinski definition) is 5. The Morgan fingerprint density at radius 3 is 2.39 bits per heavy atom. The fraction of sp³-hybridized carbons (Fsp3) is 0.606. The van der Waals surface area contributed by atoms with Gasteiger partial charge in [-0.3, -0.25) is 14.4 Å². The van der Waals surface area contributed by atoms with Gasteiger partial charge in [-0.1, -0.05) is 44.3 Å². The first-order chi connectivity index (χ1) is 21.2. The van der Waals surface area contributed by atoms with E-state index in [2.05, 4.69) is 16.0 Å². The normalized spacial score (nSPS) is 29.6. The number of Topliss-reactive ketones (excluding diaryl/α,β-unsaturated/α-hetero) is 1. The average molecular weight is 611 g/mol. The van der Waals surface area contributed by atoms with Crippen molar-refractivity contribution >= 4 is 29.6 Å². The van der Waals surface area contributed by atoms with Crippen molar-refractivity contribution in [2.45, 2.75) is 107 Å². The van der Waals surface area contributed by atoms with Crippen LogP contribution in [0.5, 0.6) is 0 Å². The van der Waals surface area contributed by atoms with Crippen LogP contribution in [0.1, 0.15) is 93.8 Å². The van der Waals surface area contributed by atoms with Crippen molar-refractivity contribution in [3.8, 4) is 0 Å². The molecule has 11 heteroatoms. The summed E-state index contributed by atoms with van der Waals surface area (Å²) in [5.74, 6) is -3.08. The van der Waals surface area contributed by atoms with Gasteiger partial charge in [0.15, 0.2) is 5.78 Å². The second-order valence-corrected chi connectivity index (χ2v) is 12.7. The first-order valence-corrected chi connectivity index (χ1v) is 16.1. The lowest BCUT2D eigenvalue weighted by Crippen LogP contribution is -2.58. The molecule has 0 aromatic heterocycles. The largest absolute Gasteiger partial charge is 0.479 e. The molecule has 0 spiro atoms. The van der Waals surface area contributed by atoms with E-state index in [0.717, 1.165) is 51.4 Å². The number of ketones is 1. The van der Waals surface area contributed by atoms with Crippen LogP contribution in [0.25, 0.3) is 0 Å². The van der Waals surface area contributed by atoms with Gasteiger partial charge >= 0.3 is 12.0 Å². The van der Waals surface area contributed by atoms with Gasteiger partial charge in [-0.15, -0.1) is 0 Å². The number of fused-ring (bicyclic) bond motifs is 2. The summed E-state index contributed by atoms with van der Waals surface area (Å²) in [7, 11) is 0. The Hall–Kier alpha value is -3.76. The van der Waals surface area contributed by atoms with Crippen LogP contribution in [0.3, 0.4) is 0 Å². The maximum Gasteiger partial charge on any atom is 0.330 e.